The van der Waals surface area contributed by atoms with Crippen molar-refractivity contribution in [2.45, 2.75) is 0 Å². The average molecular weight is 526 g/mol. The molecule has 2 heterocycles. The van der Waals surface area contributed by atoms with Gasteiger partial charge in [-0.25, -0.2) is 15.0 Å². The fourth-order valence-corrected chi connectivity index (χ4v) is 5.60. The highest BCUT2D eigenvalue weighted by molar-refractivity contribution is 6.24. The van der Waals surface area contributed by atoms with E-state index in [9.17, 15) is 0 Å². The van der Waals surface area contributed by atoms with Gasteiger partial charge in [0.1, 0.15) is 11.2 Å². The molecule has 0 aliphatic heterocycles. The van der Waals surface area contributed by atoms with Crippen molar-refractivity contribution in [1.29, 1.82) is 0 Å². The number of hydrogen-bond donors (Lipinski definition) is 0. The lowest BCUT2D eigenvalue weighted by atomic mass is 9.96. The van der Waals surface area contributed by atoms with E-state index in [4.69, 9.17) is 19.4 Å². The Hall–Kier alpha value is -5.61. The molecule has 0 atom stereocenters. The predicted octanol–water partition coefficient (Wildman–Crippen LogP) is 9.59. The highest BCUT2D eigenvalue weighted by Crippen LogP contribution is 2.43. The van der Waals surface area contributed by atoms with E-state index in [1.165, 1.54) is 0 Å². The van der Waals surface area contributed by atoms with Crippen LogP contribution in [-0.4, -0.2) is 15.0 Å². The summed E-state index contributed by atoms with van der Waals surface area (Å²) in [5.41, 5.74) is 6.57. The Morgan fingerprint density at radius 1 is 0.390 bits per heavy atom. The van der Waals surface area contributed by atoms with Crippen molar-refractivity contribution in [2.75, 3.05) is 0 Å². The zero-order chi connectivity index (χ0) is 27.2. The van der Waals surface area contributed by atoms with Crippen molar-refractivity contribution in [2.24, 2.45) is 0 Å². The maximum absolute atomic E-state index is 6.67. The van der Waals surface area contributed by atoms with Crippen LogP contribution in [0, 0.1) is 0 Å². The summed E-state index contributed by atoms with van der Waals surface area (Å²) in [6.07, 6.45) is 0. The molecule has 8 aromatic rings. The van der Waals surface area contributed by atoms with Crippen molar-refractivity contribution < 1.29 is 4.42 Å². The Bertz CT molecular complexity index is 2130. The van der Waals surface area contributed by atoms with Gasteiger partial charge < -0.3 is 4.42 Å². The van der Waals surface area contributed by atoms with E-state index in [2.05, 4.69) is 72.8 Å². The Morgan fingerprint density at radius 3 is 1.59 bits per heavy atom. The molecule has 0 bridgehead atoms. The van der Waals surface area contributed by atoms with E-state index in [1.54, 1.807) is 0 Å². The molecule has 4 nitrogen and oxygen atoms in total. The molecule has 0 saturated carbocycles. The SMILES string of the molecule is c1ccc(-c2nc(-c3ccccc3)nc(-c3ccc(-c4ccccc4)c4oc5ccc6ccccc6c5c34)n2)cc1. The largest absolute Gasteiger partial charge is 0.455 e. The van der Waals surface area contributed by atoms with E-state index in [0.717, 1.165) is 60.5 Å². The molecule has 0 aliphatic rings. The Balaban J connectivity index is 1.49. The standard InChI is InChI=1S/C37H23N3O/c1-4-12-24(13-5-1)29-21-22-30(33-32-28-19-11-10-14-25(28)20-23-31(32)41-34(29)33)37-39-35(26-15-6-2-7-16-26)38-36(40-37)27-17-8-3-9-18-27/h1-23H. The van der Waals surface area contributed by atoms with Crippen LogP contribution in [0.15, 0.2) is 144 Å². The van der Waals surface area contributed by atoms with Crippen LogP contribution in [-0.2, 0) is 0 Å². The van der Waals surface area contributed by atoms with E-state index in [1.807, 2.05) is 66.7 Å². The molecule has 6 aromatic carbocycles. The lowest BCUT2D eigenvalue weighted by Gasteiger charge is -2.11. The second kappa shape index (κ2) is 9.54. The molecular weight excluding hydrogens is 502 g/mol. The monoisotopic (exact) mass is 525 g/mol. The Kier molecular flexibility index (Phi) is 5.42. The summed E-state index contributed by atoms with van der Waals surface area (Å²) in [4.78, 5) is 15.0. The first kappa shape index (κ1) is 23.3. The highest BCUT2D eigenvalue weighted by Gasteiger charge is 2.21. The summed E-state index contributed by atoms with van der Waals surface area (Å²) in [6, 6.07) is 47.4. The molecule has 0 fully saturated rings. The quantitative estimate of drug-likeness (QED) is 0.230. The Labute approximate surface area is 236 Å². The molecule has 0 aliphatic carbocycles. The minimum Gasteiger partial charge on any atom is -0.455 e. The first-order valence-electron chi connectivity index (χ1n) is 13.6. The summed E-state index contributed by atoms with van der Waals surface area (Å²) in [6.45, 7) is 0. The normalized spacial score (nSPS) is 11.4. The van der Waals surface area contributed by atoms with Crippen molar-refractivity contribution in [3.05, 3.63) is 140 Å². The molecule has 0 saturated heterocycles. The van der Waals surface area contributed by atoms with Crippen LogP contribution in [0.3, 0.4) is 0 Å². The maximum Gasteiger partial charge on any atom is 0.164 e. The average Bonchev–Trinajstić information content (AvgIpc) is 3.46. The number of aromatic nitrogens is 3. The van der Waals surface area contributed by atoms with Crippen molar-refractivity contribution in [1.82, 2.24) is 15.0 Å². The van der Waals surface area contributed by atoms with Gasteiger partial charge in [0.05, 0.1) is 0 Å². The van der Waals surface area contributed by atoms with Crippen molar-refractivity contribution >= 4 is 32.7 Å². The van der Waals surface area contributed by atoms with Crippen molar-refractivity contribution in [3.8, 4) is 45.3 Å². The first-order valence-corrected chi connectivity index (χ1v) is 13.6. The number of rotatable bonds is 4. The van der Waals surface area contributed by atoms with Gasteiger partial charge >= 0.3 is 0 Å². The molecule has 41 heavy (non-hydrogen) atoms. The van der Waals surface area contributed by atoms with E-state index in [-0.39, 0.29) is 0 Å². The molecule has 8 rings (SSSR count). The van der Waals surface area contributed by atoms with Crippen LogP contribution in [0.5, 0.6) is 0 Å². The summed E-state index contributed by atoms with van der Waals surface area (Å²) in [5, 5.41) is 4.36. The van der Waals surface area contributed by atoms with Gasteiger partial charge in [-0.05, 0) is 34.5 Å². The minimum absolute atomic E-state index is 0.609. The van der Waals surface area contributed by atoms with Crippen LogP contribution >= 0.6 is 0 Å². The zero-order valence-electron chi connectivity index (χ0n) is 22.0. The lowest BCUT2D eigenvalue weighted by molar-refractivity contribution is 0.670. The molecule has 0 spiro atoms. The van der Waals surface area contributed by atoms with Crippen LogP contribution in [0.2, 0.25) is 0 Å². The second-order valence-corrected chi connectivity index (χ2v) is 10.0. The highest BCUT2D eigenvalue weighted by atomic mass is 16.3. The molecule has 2 aromatic heterocycles. The molecule has 4 heteroatoms. The fourth-order valence-electron chi connectivity index (χ4n) is 5.60. The van der Waals surface area contributed by atoms with E-state index in [0.29, 0.717) is 17.5 Å². The number of fused-ring (bicyclic) bond motifs is 5. The predicted molar refractivity (Wildman–Crippen MR) is 166 cm³/mol. The van der Waals surface area contributed by atoms with Gasteiger partial charge in [-0.1, -0.05) is 121 Å². The third-order valence-corrected chi connectivity index (χ3v) is 7.54. The molecule has 0 radical (unpaired) electrons. The third-order valence-electron chi connectivity index (χ3n) is 7.54. The van der Waals surface area contributed by atoms with Crippen molar-refractivity contribution in [3.63, 3.8) is 0 Å². The fraction of sp³-hybridized carbons (Fsp3) is 0. The number of nitrogens with zero attached hydrogens (tertiary/aromatic N) is 3. The second-order valence-electron chi connectivity index (χ2n) is 10.0. The minimum atomic E-state index is 0.609. The van der Waals surface area contributed by atoms with Gasteiger partial charge in [-0.15, -0.1) is 0 Å². The molecule has 0 amide bonds. The van der Waals surface area contributed by atoms with Gasteiger partial charge in [0.15, 0.2) is 17.5 Å². The van der Waals surface area contributed by atoms with Gasteiger partial charge in [0.2, 0.25) is 0 Å². The van der Waals surface area contributed by atoms with Gasteiger partial charge in [0.25, 0.3) is 0 Å². The summed E-state index contributed by atoms with van der Waals surface area (Å²) < 4.78 is 6.67. The van der Waals surface area contributed by atoms with Crippen LogP contribution < -0.4 is 0 Å². The van der Waals surface area contributed by atoms with Crippen LogP contribution in [0.1, 0.15) is 0 Å². The van der Waals surface area contributed by atoms with Crippen LogP contribution in [0.4, 0.5) is 0 Å². The Morgan fingerprint density at radius 2 is 0.927 bits per heavy atom. The summed E-state index contributed by atoms with van der Waals surface area (Å²) in [7, 11) is 0. The van der Waals surface area contributed by atoms with E-state index >= 15 is 0 Å². The third kappa shape index (κ3) is 3.97. The topological polar surface area (TPSA) is 51.8 Å². The van der Waals surface area contributed by atoms with Crippen LogP contribution in [0.25, 0.3) is 78.0 Å². The smallest absolute Gasteiger partial charge is 0.164 e. The van der Waals surface area contributed by atoms with Gasteiger partial charge in [-0.2, -0.15) is 0 Å². The lowest BCUT2D eigenvalue weighted by Crippen LogP contribution is -2.00. The summed E-state index contributed by atoms with van der Waals surface area (Å²) >= 11 is 0. The van der Waals surface area contributed by atoms with Gasteiger partial charge in [0, 0.05) is 33.0 Å². The molecule has 0 unspecified atom stereocenters. The number of benzene rings is 6. The maximum atomic E-state index is 6.67. The van der Waals surface area contributed by atoms with E-state index < -0.39 is 0 Å². The molecular formula is C37H23N3O. The summed E-state index contributed by atoms with van der Waals surface area (Å²) in [5.74, 6) is 1.87. The molecule has 192 valence electrons. The number of hydrogen-bond acceptors (Lipinski definition) is 4. The number of furan rings is 1. The first-order chi connectivity index (χ1) is 20.3. The zero-order valence-corrected chi connectivity index (χ0v) is 22.0. The van der Waals surface area contributed by atoms with Gasteiger partial charge in [-0.3, -0.25) is 0 Å². The molecule has 0 N–H and O–H groups in total.